The zero-order chi connectivity index (χ0) is 14.4. The van der Waals surface area contributed by atoms with Crippen LogP contribution in [0.5, 0.6) is 0 Å². The van der Waals surface area contributed by atoms with Crippen molar-refractivity contribution in [3.05, 3.63) is 66.5 Å². The van der Waals surface area contributed by atoms with Crippen molar-refractivity contribution in [3.63, 3.8) is 0 Å². The lowest BCUT2D eigenvalue weighted by Gasteiger charge is -2.08. The highest BCUT2D eigenvalue weighted by Gasteiger charge is 2.13. The summed E-state index contributed by atoms with van der Waals surface area (Å²) in [6.45, 7) is 0. The first-order valence-electron chi connectivity index (χ1n) is 6.66. The van der Waals surface area contributed by atoms with Crippen LogP contribution in [-0.4, -0.2) is 9.55 Å². The molecule has 4 heteroatoms. The number of hydrogen-bond donors (Lipinski definition) is 1. The average Bonchev–Trinajstić information content (AvgIpc) is 2.84. The Labute approximate surface area is 120 Å². The van der Waals surface area contributed by atoms with Gasteiger partial charge in [0.25, 0.3) is 0 Å². The van der Waals surface area contributed by atoms with Crippen LogP contribution in [-0.2, 0) is 0 Å². The summed E-state index contributed by atoms with van der Waals surface area (Å²) < 4.78 is 15.6. The first-order chi connectivity index (χ1) is 10.2. The van der Waals surface area contributed by atoms with Crippen molar-refractivity contribution in [2.24, 2.45) is 0 Å². The highest BCUT2D eigenvalue weighted by molar-refractivity contribution is 5.87. The smallest absolute Gasteiger partial charge is 0.206 e. The number of rotatable bonds is 1. The van der Waals surface area contributed by atoms with Crippen LogP contribution in [0.25, 0.3) is 27.5 Å². The molecule has 21 heavy (non-hydrogen) atoms. The average molecular weight is 277 g/mol. The van der Waals surface area contributed by atoms with E-state index in [1.165, 1.54) is 6.07 Å². The number of nitrogens with zero attached hydrogens (tertiary/aromatic N) is 2. The van der Waals surface area contributed by atoms with Crippen LogP contribution in [0.1, 0.15) is 0 Å². The van der Waals surface area contributed by atoms with Crippen molar-refractivity contribution >= 4 is 27.8 Å². The second kappa shape index (κ2) is 4.31. The number of benzene rings is 3. The van der Waals surface area contributed by atoms with Crippen LogP contribution < -0.4 is 5.73 Å². The van der Waals surface area contributed by atoms with E-state index < -0.39 is 0 Å². The van der Waals surface area contributed by atoms with Gasteiger partial charge < -0.3 is 5.73 Å². The summed E-state index contributed by atoms with van der Waals surface area (Å²) in [5, 5.41) is 2.25. The monoisotopic (exact) mass is 277 g/mol. The number of hydrogen-bond acceptors (Lipinski definition) is 2. The maximum Gasteiger partial charge on any atom is 0.206 e. The summed E-state index contributed by atoms with van der Waals surface area (Å²) in [5.74, 6) is -0.0795. The molecule has 0 amide bonds. The van der Waals surface area contributed by atoms with E-state index in [0.717, 1.165) is 16.5 Å². The molecule has 3 aromatic carbocycles. The Morgan fingerprint density at radius 1 is 0.905 bits per heavy atom. The molecule has 0 spiro atoms. The number of fused-ring (bicyclic) bond motifs is 2. The molecule has 0 bridgehead atoms. The first-order valence-corrected chi connectivity index (χ1v) is 6.66. The third kappa shape index (κ3) is 1.76. The van der Waals surface area contributed by atoms with Crippen LogP contribution in [0.4, 0.5) is 10.3 Å². The SMILES string of the molecule is Nc1nc2c(F)cccc2n1-c1ccc2ccccc2c1. The van der Waals surface area contributed by atoms with Gasteiger partial charge in [-0.3, -0.25) is 4.57 Å². The molecule has 0 fully saturated rings. The molecular formula is C17H12FN3. The fourth-order valence-electron chi connectivity index (χ4n) is 2.67. The van der Waals surface area contributed by atoms with E-state index in [2.05, 4.69) is 4.98 Å². The lowest BCUT2D eigenvalue weighted by Crippen LogP contribution is -2.00. The van der Waals surface area contributed by atoms with Gasteiger partial charge in [-0.1, -0.05) is 36.4 Å². The second-order valence-electron chi connectivity index (χ2n) is 4.94. The van der Waals surface area contributed by atoms with Crippen LogP contribution in [0.15, 0.2) is 60.7 Å². The Hall–Kier alpha value is -2.88. The molecule has 1 aromatic heterocycles. The molecule has 102 valence electrons. The summed E-state index contributed by atoms with van der Waals surface area (Å²) in [5.41, 5.74) is 7.82. The molecule has 0 aliphatic heterocycles. The highest BCUT2D eigenvalue weighted by atomic mass is 19.1. The number of para-hydroxylation sites is 1. The molecule has 4 rings (SSSR count). The normalized spacial score (nSPS) is 11.3. The Kier molecular flexibility index (Phi) is 2.44. The van der Waals surface area contributed by atoms with E-state index in [9.17, 15) is 4.39 Å². The molecule has 0 atom stereocenters. The van der Waals surface area contributed by atoms with Crippen molar-refractivity contribution in [1.82, 2.24) is 9.55 Å². The van der Waals surface area contributed by atoms with Gasteiger partial charge in [-0.15, -0.1) is 0 Å². The zero-order valence-corrected chi connectivity index (χ0v) is 11.1. The van der Waals surface area contributed by atoms with E-state index in [-0.39, 0.29) is 11.8 Å². The van der Waals surface area contributed by atoms with Gasteiger partial charge in [0.15, 0.2) is 5.82 Å². The molecule has 0 aliphatic rings. The quantitative estimate of drug-likeness (QED) is 0.573. The van der Waals surface area contributed by atoms with Gasteiger partial charge in [-0.2, -0.15) is 0 Å². The number of imidazole rings is 1. The van der Waals surface area contributed by atoms with Crippen LogP contribution >= 0.6 is 0 Å². The van der Waals surface area contributed by atoms with Gasteiger partial charge in [0, 0.05) is 5.69 Å². The molecule has 0 saturated heterocycles. The molecule has 0 radical (unpaired) electrons. The van der Waals surface area contributed by atoms with Gasteiger partial charge in [0.2, 0.25) is 5.95 Å². The number of anilines is 1. The van der Waals surface area contributed by atoms with Crippen molar-refractivity contribution in [2.75, 3.05) is 5.73 Å². The number of nitrogen functional groups attached to an aromatic ring is 1. The summed E-state index contributed by atoms with van der Waals surface area (Å²) in [7, 11) is 0. The van der Waals surface area contributed by atoms with E-state index in [1.54, 1.807) is 10.6 Å². The van der Waals surface area contributed by atoms with Crippen molar-refractivity contribution < 1.29 is 4.39 Å². The third-order valence-corrected chi connectivity index (χ3v) is 3.65. The van der Waals surface area contributed by atoms with Gasteiger partial charge >= 0.3 is 0 Å². The van der Waals surface area contributed by atoms with Gasteiger partial charge in [-0.05, 0) is 35.0 Å². The van der Waals surface area contributed by atoms with Crippen LogP contribution in [0.2, 0.25) is 0 Å². The number of halogens is 1. The predicted octanol–water partition coefficient (Wildman–Crippen LogP) is 3.90. The highest BCUT2D eigenvalue weighted by Crippen LogP contribution is 2.26. The Morgan fingerprint density at radius 3 is 2.57 bits per heavy atom. The minimum atomic E-state index is -0.362. The Morgan fingerprint density at radius 2 is 1.71 bits per heavy atom. The lowest BCUT2D eigenvalue weighted by molar-refractivity contribution is 0.637. The van der Waals surface area contributed by atoms with Crippen LogP contribution in [0, 0.1) is 5.82 Å². The predicted molar refractivity (Wildman–Crippen MR) is 82.9 cm³/mol. The summed E-state index contributed by atoms with van der Waals surface area (Å²) >= 11 is 0. The zero-order valence-electron chi connectivity index (χ0n) is 11.1. The molecule has 0 unspecified atom stereocenters. The second-order valence-corrected chi connectivity index (χ2v) is 4.94. The van der Waals surface area contributed by atoms with E-state index in [4.69, 9.17) is 5.73 Å². The lowest BCUT2D eigenvalue weighted by atomic mass is 10.1. The molecule has 0 saturated carbocycles. The summed E-state index contributed by atoms with van der Waals surface area (Å²) in [4.78, 5) is 4.13. The van der Waals surface area contributed by atoms with E-state index in [0.29, 0.717) is 11.0 Å². The molecule has 0 aliphatic carbocycles. The Balaban J connectivity index is 2.04. The standard InChI is InChI=1S/C17H12FN3/c18-14-6-3-7-15-16(14)20-17(19)21(15)13-9-8-11-4-1-2-5-12(11)10-13/h1-10H,(H2,19,20). The van der Waals surface area contributed by atoms with Crippen molar-refractivity contribution in [2.45, 2.75) is 0 Å². The largest absolute Gasteiger partial charge is 0.369 e. The maximum absolute atomic E-state index is 13.8. The molecule has 2 N–H and O–H groups in total. The van der Waals surface area contributed by atoms with Gasteiger partial charge in [0.1, 0.15) is 5.52 Å². The number of nitrogens with two attached hydrogens (primary N) is 1. The maximum atomic E-state index is 13.8. The van der Waals surface area contributed by atoms with Gasteiger partial charge in [-0.25, -0.2) is 9.37 Å². The molecule has 4 aromatic rings. The Bertz CT molecular complexity index is 972. The molecule has 3 nitrogen and oxygen atoms in total. The minimum absolute atomic E-state index is 0.283. The topological polar surface area (TPSA) is 43.8 Å². The van der Waals surface area contributed by atoms with Crippen LogP contribution in [0.3, 0.4) is 0 Å². The fourth-order valence-corrected chi connectivity index (χ4v) is 2.67. The summed E-state index contributed by atoms with van der Waals surface area (Å²) in [6.07, 6.45) is 0. The van der Waals surface area contributed by atoms with Gasteiger partial charge in [0.05, 0.1) is 5.52 Å². The molecule has 1 heterocycles. The first kappa shape index (κ1) is 11.9. The van der Waals surface area contributed by atoms with E-state index >= 15 is 0 Å². The van der Waals surface area contributed by atoms with Crippen molar-refractivity contribution in [1.29, 1.82) is 0 Å². The minimum Gasteiger partial charge on any atom is -0.369 e. The summed E-state index contributed by atoms with van der Waals surface area (Å²) in [6, 6.07) is 19.0. The number of aromatic nitrogens is 2. The van der Waals surface area contributed by atoms with E-state index in [1.807, 2.05) is 48.5 Å². The molecular weight excluding hydrogens is 265 g/mol. The third-order valence-electron chi connectivity index (χ3n) is 3.65. The fraction of sp³-hybridized carbons (Fsp3) is 0. The van der Waals surface area contributed by atoms with Crippen molar-refractivity contribution in [3.8, 4) is 5.69 Å².